The Bertz CT molecular complexity index is 1430. The standard InChI is InChI=1S/C34H38N2O2.HI/c1-7-35-28-18-12-10-16-26(28)33(3,4)30(35)23-21-25(15-9-14-20-32(37)38)22-24-31-34(5,6)27-17-11-13-19-29(27)36(31)8-2;/h10-13,16-19,21-24H,7-8,14,20H2,1-6H3;1H. The number of halogens is 1. The lowest BCUT2D eigenvalue weighted by atomic mass is 9.81. The van der Waals surface area contributed by atoms with Gasteiger partial charge in [-0.2, -0.15) is 4.58 Å². The first-order valence-electron chi connectivity index (χ1n) is 13.6. The summed E-state index contributed by atoms with van der Waals surface area (Å²) in [5, 5.41) is 9.05. The molecule has 0 aromatic heterocycles. The summed E-state index contributed by atoms with van der Waals surface area (Å²) < 4.78 is 2.37. The molecule has 2 heterocycles. The van der Waals surface area contributed by atoms with Crippen LogP contribution < -0.4 is 28.9 Å². The van der Waals surface area contributed by atoms with Crippen molar-refractivity contribution in [1.82, 2.24) is 0 Å². The summed E-state index contributed by atoms with van der Waals surface area (Å²) in [6, 6.07) is 17.2. The lowest BCUT2D eigenvalue weighted by molar-refractivity contribution is -0.433. The van der Waals surface area contributed by atoms with Crippen molar-refractivity contribution in [3.8, 4) is 11.8 Å². The Kier molecular flexibility index (Phi) is 9.66. The first kappa shape index (κ1) is 30.4. The maximum Gasteiger partial charge on any atom is 0.304 e. The zero-order valence-electron chi connectivity index (χ0n) is 23.9. The Morgan fingerprint density at radius 1 is 1.00 bits per heavy atom. The first-order chi connectivity index (χ1) is 18.1. The van der Waals surface area contributed by atoms with Crippen LogP contribution in [0.2, 0.25) is 0 Å². The number of fused-ring (bicyclic) bond motifs is 2. The van der Waals surface area contributed by atoms with E-state index < -0.39 is 5.97 Å². The quantitative estimate of drug-likeness (QED) is 0.216. The molecule has 39 heavy (non-hydrogen) atoms. The molecule has 2 aliphatic rings. The number of anilines is 1. The average molecular weight is 635 g/mol. The smallest absolute Gasteiger partial charge is 0.304 e. The number of carbonyl (C=O) groups is 1. The molecule has 0 unspecified atom stereocenters. The molecule has 1 N–H and O–H groups in total. The van der Waals surface area contributed by atoms with Crippen LogP contribution in [0.3, 0.4) is 0 Å². The highest BCUT2D eigenvalue weighted by molar-refractivity contribution is 6.03. The Morgan fingerprint density at radius 3 is 2.33 bits per heavy atom. The number of hydrogen-bond acceptors (Lipinski definition) is 2. The monoisotopic (exact) mass is 634 g/mol. The second-order valence-electron chi connectivity index (χ2n) is 10.9. The van der Waals surface area contributed by atoms with Crippen molar-refractivity contribution in [2.75, 3.05) is 18.0 Å². The van der Waals surface area contributed by atoms with E-state index in [1.54, 1.807) is 0 Å². The van der Waals surface area contributed by atoms with E-state index in [0.717, 1.165) is 18.7 Å². The molecule has 0 fully saturated rings. The number of hydrogen-bond donors (Lipinski definition) is 1. The van der Waals surface area contributed by atoms with Crippen LogP contribution in [0.25, 0.3) is 0 Å². The molecular weight excluding hydrogens is 595 g/mol. The number of nitrogens with zero attached hydrogens (tertiary/aromatic N) is 2. The number of likely N-dealkylation sites (N-methyl/N-ethyl adjacent to an activating group) is 1. The summed E-state index contributed by atoms with van der Waals surface area (Å²) in [5.41, 5.74) is 8.23. The zero-order chi connectivity index (χ0) is 27.5. The van der Waals surface area contributed by atoms with Gasteiger partial charge in [0, 0.05) is 53.0 Å². The second-order valence-corrected chi connectivity index (χ2v) is 10.9. The van der Waals surface area contributed by atoms with Gasteiger partial charge in [0.2, 0.25) is 5.69 Å². The van der Waals surface area contributed by atoms with Gasteiger partial charge in [0.25, 0.3) is 0 Å². The third-order valence-electron chi connectivity index (χ3n) is 7.77. The molecule has 0 radical (unpaired) electrons. The van der Waals surface area contributed by atoms with E-state index >= 15 is 0 Å². The molecular formula is C34H39IN2O2. The van der Waals surface area contributed by atoms with Crippen molar-refractivity contribution in [3.63, 3.8) is 0 Å². The molecule has 5 heteroatoms. The number of benzene rings is 2. The Labute approximate surface area is 250 Å². The Balaban J connectivity index is 0.00000420. The normalized spacial score (nSPS) is 18.1. The third-order valence-corrected chi connectivity index (χ3v) is 7.77. The van der Waals surface area contributed by atoms with Crippen molar-refractivity contribution < 1.29 is 38.5 Å². The van der Waals surface area contributed by atoms with Gasteiger partial charge in [-0.1, -0.05) is 62.1 Å². The minimum atomic E-state index is -0.828. The van der Waals surface area contributed by atoms with Crippen LogP contribution in [0.4, 0.5) is 11.4 Å². The highest BCUT2D eigenvalue weighted by atomic mass is 127. The topological polar surface area (TPSA) is 43.6 Å². The van der Waals surface area contributed by atoms with Gasteiger partial charge in [0.1, 0.15) is 6.54 Å². The highest BCUT2D eigenvalue weighted by Crippen LogP contribution is 2.47. The summed E-state index contributed by atoms with van der Waals surface area (Å²) in [5.74, 6) is 5.50. The van der Waals surface area contributed by atoms with E-state index in [1.807, 2.05) is 0 Å². The number of carboxylic acid groups (broad SMARTS) is 1. The summed E-state index contributed by atoms with van der Waals surface area (Å²) >= 11 is 0. The SMILES string of the molecule is CCN1/C(=C/C=C(C#CCCC(=O)O)/C=C/C2=[N+](CC)c3ccccc3C2(C)C)C(C)(C)c2ccccc21.[I-]. The fourth-order valence-electron chi connectivity index (χ4n) is 5.77. The van der Waals surface area contributed by atoms with Crippen molar-refractivity contribution in [1.29, 1.82) is 0 Å². The average Bonchev–Trinajstić information content (AvgIpc) is 3.25. The summed E-state index contributed by atoms with van der Waals surface area (Å²) in [7, 11) is 0. The molecule has 4 rings (SSSR count). The van der Waals surface area contributed by atoms with Crippen LogP contribution in [0.5, 0.6) is 0 Å². The molecule has 0 spiro atoms. The minimum absolute atomic E-state index is 0. The second kappa shape index (κ2) is 12.4. The van der Waals surface area contributed by atoms with Crippen LogP contribution in [0.15, 0.2) is 84.1 Å². The van der Waals surface area contributed by atoms with Gasteiger partial charge in [-0.25, -0.2) is 0 Å². The highest BCUT2D eigenvalue weighted by Gasteiger charge is 2.43. The predicted octanol–water partition coefficient (Wildman–Crippen LogP) is 4.14. The van der Waals surface area contributed by atoms with Crippen molar-refractivity contribution in [2.24, 2.45) is 0 Å². The van der Waals surface area contributed by atoms with Crippen molar-refractivity contribution >= 4 is 23.1 Å². The van der Waals surface area contributed by atoms with Gasteiger partial charge >= 0.3 is 5.97 Å². The van der Waals surface area contributed by atoms with E-state index in [-0.39, 0.29) is 41.2 Å². The molecule has 2 aromatic rings. The largest absolute Gasteiger partial charge is 1.00 e. The van der Waals surface area contributed by atoms with Crippen molar-refractivity contribution in [2.45, 2.75) is 65.2 Å². The third kappa shape index (κ3) is 5.91. The van der Waals surface area contributed by atoms with E-state index in [2.05, 4.69) is 136 Å². The van der Waals surface area contributed by atoms with Crippen LogP contribution in [0.1, 0.15) is 65.5 Å². The molecule has 204 valence electrons. The maximum atomic E-state index is 11.0. The van der Waals surface area contributed by atoms with Crippen LogP contribution in [-0.4, -0.2) is 34.5 Å². The summed E-state index contributed by atoms with van der Waals surface area (Å²) in [6.45, 7) is 15.2. The fourth-order valence-corrected chi connectivity index (χ4v) is 5.77. The van der Waals surface area contributed by atoms with Crippen LogP contribution in [-0.2, 0) is 15.6 Å². The molecule has 0 atom stereocenters. The lowest BCUT2D eigenvalue weighted by Crippen LogP contribution is -3.00. The van der Waals surface area contributed by atoms with Crippen molar-refractivity contribution in [3.05, 3.63) is 95.2 Å². The maximum absolute atomic E-state index is 11.0. The Hall–Kier alpha value is -3.11. The van der Waals surface area contributed by atoms with E-state index in [9.17, 15) is 4.79 Å². The molecule has 0 bridgehead atoms. The van der Waals surface area contributed by atoms with Gasteiger partial charge in [-0.15, -0.1) is 0 Å². The number of allylic oxidation sites excluding steroid dienone is 6. The molecule has 2 aromatic carbocycles. The van der Waals surface area contributed by atoms with Gasteiger partial charge < -0.3 is 34.0 Å². The summed E-state index contributed by atoms with van der Waals surface area (Å²) in [6.07, 6.45) is 8.91. The number of rotatable bonds is 7. The van der Waals surface area contributed by atoms with Gasteiger partial charge in [0.15, 0.2) is 5.71 Å². The van der Waals surface area contributed by atoms with Crippen LogP contribution >= 0.6 is 0 Å². The van der Waals surface area contributed by atoms with Gasteiger partial charge in [-0.3, -0.25) is 4.79 Å². The number of aliphatic carboxylic acids is 1. The lowest BCUT2D eigenvalue weighted by Gasteiger charge is -2.25. The van der Waals surface area contributed by atoms with Crippen LogP contribution in [0, 0.1) is 11.8 Å². The van der Waals surface area contributed by atoms with E-state index in [1.165, 1.54) is 33.9 Å². The molecule has 0 aliphatic carbocycles. The Morgan fingerprint density at radius 2 is 1.67 bits per heavy atom. The predicted molar refractivity (Wildman–Crippen MR) is 157 cm³/mol. The minimum Gasteiger partial charge on any atom is -1.00 e. The molecule has 2 aliphatic heterocycles. The molecule has 4 nitrogen and oxygen atoms in total. The zero-order valence-corrected chi connectivity index (χ0v) is 26.0. The summed E-state index contributed by atoms with van der Waals surface area (Å²) in [4.78, 5) is 13.4. The fraction of sp³-hybridized carbons (Fsp3) is 0.353. The van der Waals surface area contributed by atoms with E-state index in [4.69, 9.17) is 5.11 Å². The van der Waals surface area contributed by atoms with E-state index in [0.29, 0.717) is 6.42 Å². The molecule has 0 amide bonds. The van der Waals surface area contributed by atoms with Gasteiger partial charge in [0.05, 0.1) is 11.8 Å². The number of carboxylic acids is 1. The molecule has 0 saturated carbocycles. The van der Waals surface area contributed by atoms with Gasteiger partial charge in [-0.05, 0) is 57.6 Å². The first-order valence-corrected chi connectivity index (χ1v) is 13.6. The molecule has 0 saturated heterocycles. The number of para-hydroxylation sites is 2.